The van der Waals surface area contributed by atoms with E-state index in [1.54, 1.807) is 6.07 Å². The molecule has 4 aromatic carbocycles. The molecule has 0 atom stereocenters. The molecule has 2 aliphatic rings. The average molecular weight is 348 g/mol. The molecule has 2 heteroatoms. The molecule has 0 radical (unpaired) electrons. The van der Waals surface area contributed by atoms with Crippen LogP contribution in [0.3, 0.4) is 0 Å². The second-order valence-corrected chi connectivity index (χ2v) is 7.24. The smallest absolute Gasteiger partial charge is 0.165 e. The number of phenolic OH excluding ortho intramolecular Hbond substituents is 2. The molecule has 0 saturated heterocycles. The van der Waals surface area contributed by atoms with Crippen molar-refractivity contribution in [3.05, 3.63) is 107 Å². The summed E-state index contributed by atoms with van der Waals surface area (Å²) in [6.45, 7) is 0. The summed E-state index contributed by atoms with van der Waals surface area (Å²) in [7, 11) is 0. The Hall–Kier alpha value is -3.52. The van der Waals surface area contributed by atoms with E-state index in [2.05, 4.69) is 54.6 Å². The molecule has 0 unspecified atom stereocenters. The van der Waals surface area contributed by atoms with E-state index in [4.69, 9.17) is 0 Å². The average Bonchev–Trinajstić information content (AvgIpc) is 3.18. The number of hydrogen-bond acceptors (Lipinski definition) is 2. The zero-order valence-corrected chi connectivity index (χ0v) is 14.5. The lowest BCUT2D eigenvalue weighted by atomic mass is 9.70. The van der Waals surface area contributed by atoms with Gasteiger partial charge in [-0.15, -0.1) is 0 Å². The predicted octanol–water partition coefficient (Wildman–Crippen LogP) is 5.44. The summed E-state index contributed by atoms with van der Waals surface area (Å²) in [6, 6.07) is 28.8. The van der Waals surface area contributed by atoms with Crippen LogP contribution >= 0.6 is 0 Å². The molecular weight excluding hydrogens is 332 g/mol. The maximum absolute atomic E-state index is 10.8. The topological polar surface area (TPSA) is 40.5 Å². The largest absolute Gasteiger partial charge is 0.504 e. The highest BCUT2D eigenvalue weighted by molar-refractivity contribution is 5.97. The summed E-state index contributed by atoms with van der Waals surface area (Å²) in [5, 5.41) is 20.9. The fourth-order valence-electron chi connectivity index (χ4n) is 5.15. The maximum atomic E-state index is 10.8. The third kappa shape index (κ3) is 1.53. The molecule has 2 N–H and O–H groups in total. The Morgan fingerprint density at radius 2 is 0.963 bits per heavy atom. The van der Waals surface area contributed by atoms with Crippen LogP contribution in [0.1, 0.15) is 22.3 Å². The first-order chi connectivity index (χ1) is 13.2. The van der Waals surface area contributed by atoms with Crippen molar-refractivity contribution in [3.63, 3.8) is 0 Å². The lowest BCUT2D eigenvalue weighted by molar-refractivity contribution is 0.404. The van der Waals surface area contributed by atoms with Gasteiger partial charge in [0.2, 0.25) is 0 Å². The summed E-state index contributed by atoms with van der Waals surface area (Å²) in [5.41, 5.74) is 8.32. The molecule has 0 fully saturated rings. The number of benzene rings is 4. The van der Waals surface area contributed by atoms with E-state index < -0.39 is 5.41 Å². The summed E-state index contributed by atoms with van der Waals surface area (Å²) in [4.78, 5) is 0. The van der Waals surface area contributed by atoms with Crippen molar-refractivity contribution in [1.82, 2.24) is 0 Å². The minimum atomic E-state index is -0.468. The Bertz CT molecular complexity index is 1210. The van der Waals surface area contributed by atoms with Crippen molar-refractivity contribution in [2.45, 2.75) is 5.41 Å². The molecule has 0 saturated carbocycles. The van der Waals surface area contributed by atoms with Gasteiger partial charge in [0.1, 0.15) is 0 Å². The molecule has 0 heterocycles. The lowest BCUT2D eigenvalue weighted by Gasteiger charge is -2.30. The SMILES string of the molecule is Oc1ccc2c(c1O)-c1ccccc1C21c2ccccc2-c2ccccc21. The summed E-state index contributed by atoms with van der Waals surface area (Å²) < 4.78 is 0. The van der Waals surface area contributed by atoms with Gasteiger partial charge >= 0.3 is 0 Å². The van der Waals surface area contributed by atoms with Crippen LogP contribution in [0.5, 0.6) is 11.5 Å². The highest BCUT2D eigenvalue weighted by atomic mass is 16.3. The van der Waals surface area contributed by atoms with Gasteiger partial charge in [-0.05, 0) is 45.0 Å². The Labute approximate surface area is 157 Å². The standard InChI is InChI=1S/C25H16O2/c26-22-14-13-21-23(24(22)27)17-9-3-6-12-20(17)25(21)18-10-4-1-7-15(18)16-8-2-5-11-19(16)25/h1-14,26-27H. The van der Waals surface area contributed by atoms with Crippen LogP contribution < -0.4 is 0 Å². The first-order valence-electron chi connectivity index (χ1n) is 9.09. The number of hydrogen-bond donors (Lipinski definition) is 2. The third-order valence-electron chi connectivity index (χ3n) is 6.11. The number of aromatic hydroxyl groups is 2. The minimum Gasteiger partial charge on any atom is -0.504 e. The normalized spacial score (nSPS) is 14.5. The molecule has 2 aliphatic carbocycles. The van der Waals surface area contributed by atoms with Crippen LogP contribution in [0.15, 0.2) is 84.9 Å². The van der Waals surface area contributed by atoms with Crippen molar-refractivity contribution in [3.8, 4) is 33.8 Å². The zero-order valence-electron chi connectivity index (χ0n) is 14.5. The van der Waals surface area contributed by atoms with Crippen molar-refractivity contribution in [2.24, 2.45) is 0 Å². The summed E-state index contributed by atoms with van der Waals surface area (Å²) in [6.07, 6.45) is 0. The third-order valence-corrected chi connectivity index (χ3v) is 6.11. The monoisotopic (exact) mass is 348 g/mol. The van der Waals surface area contributed by atoms with Crippen molar-refractivity contribution in [1.29, 1.82) is 0 Å². The van der Waals surface area contributed by atoms with Gasteiger partial charge in [-0.25, -0.2) is 0 Å². The van der Waals surface area contributed by atoms with Crippen LogP contribution in [0.25, 0.3) is 22.3 Å². The van der Waals surface area contributed by atoms with Crippen LogP contribution in [0.4, 0.5) is 0 Å². The number of fused-ring (bicyclic) bond motifs is 10. The first kappa shape index (κ1) is 14.6. The van der Waals surface area contributed by atoms with Crippen LogP contribution in [0.2, 0.25) is 0 Å². The quantitative estimate of drug-likeness (QED) is 0.359. The van der Waals surface area contributed by atoms with E-state index in [0.717, 1.165) is 22.3 Å². The summed E-state index contributed by atoms with van der Waals surface area (Å²) >= 11 is 0. The first-order valence-corrected chi connectivity index (χ1v) is 9.09. The Morgan fingerprint density at radius 1 is 0.481 bits per heavy atom. The van der Waals surface area contributed by atoms with Crippen LogP contribution in [-0.4, -0.2) is 10.2 Å². The van der Waals surface area contributed by atoms with Gasteiger partial charge in [0.15, 0.2) is 11.5 Å². The predicted molar refractivity (Wildman–Crippen MR) is 106 cm³/mol. The van der Waals surface area contributed by atoms with Gasteiger partial charge in [0.25, 0.3) is 0 Å². The van der Waals surface area contributed by atoms with E-state index in [1.165, 1.54) is 22.3 Å². The van der Waals surface area contributed by atoms with Crippen LogP contribution in [0, 0.1) is 0 Å². The van der Waals surface area contributed by atoms with Crippen molar-refractivity contribution in [2.75, 3.05) is 0 Å². The Kier molecular flexibility index (Phi) is 2.60. The molecule has 0 amide bonds. The fourth-order valence-corrected chi connectivity index (χ4v) is 5.15. The molecule has 2 nitrogen and oxygen atoms in total. The van der Waals surface area contributed by atoms with Gasteiger partial charge in [-0.3, -0.25) is 0 Å². The second-order valence-electron chi connectivity index (χ2n) is 7.24. The molecule has 128 valence electrons. The van der Waals surface area contributed by atoms with Crippen molar-refractivity contribution < 1.29 is 10.2 Å². The molecule has 27 heavy (non-hydrogen) atoms. The van der Waals surface area contributed by atoms with Gasteiger partial charge in [0, 0.05) is 5.56 Å². The van der Waals surface area contributed by atoms with E-state index in [1.807, 2.05) is 24.3 Å². The highest BCUT2D eigenvalue weighted by Gasteiger charge is 2.52. The number of rotatable bonds is 0. The fraction of sp³-hybridized carbons (Fsp3) is 0.0400. The number of phenols is 2. The molecular formula is C25H16O2. The van der Waals surface area contributed by atoms with E-state index >= 15 is 0 Å². The molecule has 1 spiro atoms. The lowest BCUT2D eigenvalue weighted by Crippen LogP contribution is -2.25. The van der Waals surface area contributed by atoms with Gasteiger partial charge < -0.3 is 10.2 Å². The molecule has 4 aromatic rings. The maximum Gasteiger partial charge on any atom is 0.165 e. The van der Waals surface area contributed by atoms with Gasteiger partial charge in [-0.2, -0.15) is 0 Å². The molecule has 0 aromatic heterocycles. The second kappa shape index (κ2) is 4.80. The molecule has 0 bridgehead atoms. The van der Waals surface area contributed by atoms with Gasteiger partial charge in [0.05, 0.1) is 5.41 Å². The Morgan fingerprint density at radius 3 is 1.56 bits per heavy atom. The van der Waals surface area contributed by atoms with E-state index in [9.17, 15) is 10.2 Å². The minimum absolute atomic E-state index is 0.0429. The van der Waals surface area contributed by atoms with Gasteiger partial charge in [-0.1, -0.05) is 78.9 Å². The Balaban J connectivity index is 1.89. The van der Waals surface area contributed by atoms with Crippen LogP contribution in [-0.2, 0) is 5.41 Å². The molecule has 6 rings (SSSR count). The highest BCUT2D eigenvalue weighted by Crippen LogP contribution is 2.64. The molecule has 0 aliphatic heterocycles. The van der Waals surface area contributed by atoms with E-state index in [-0.39, 0.29) is 11.5 Å². The van der Waals surface area contributed by atoms with Crippen molar-refractivity contribution >= 4 is 0 Å². The zero-order chi connectivity index (χ0) is 18.2. The van der Waals surface area contributed by atoms with E-state index in [0.29, 0.717) is 0 Å². The summed E-state index contributed by atoms with van der Waals surface area (Å²) in [5.74, 6) is -0.126.